The van der Waals surface area contributed by atoms with Crippen LogP contribution in [0.2, 0.25) is 0 Å². The number of rotatable bonds is 7. The van der Waals surface area contributed by atoms with Gasteiger partial charge in [-0.1, -0.05) is 58.2 Å². The Kier molecular flexibility index (Phi) is 10.8. The van der Waals surface area contributed by atoms with E-state index in [1.54, 1.807) is 17.6 Å². The maximum absolute atomic E-state index is 11.2. The van der Waals surface area contributed by atoms with Crippen LogP contribution >= 0.6 is 0 Å². The normalized spacial score (nSPS) is 21.6. The Hall–Kier alpha value is -2.51. The van der Waals surface area contributed by atoms with Crippen LogP contribution in [0.15, 0.2) is 49.9 Å². The highest BCUT2D eigenvalue weighted by Gasteiger charge is 2.55. The lowest BCUT2D eigenvalue weighted by Gasteiger charge is -2.19. The number of amides is 1. The molecule has 3 N–H and O–H groups in total. The highest BCUT2D eigenvalue weighted by atomic mass is 16.5. The number of nitrogens with zero attached hydrogens (tertiary/aromatic N) is 3. The molecule has 1 saturated heterocycles. The van der Waals surface area contributed by atoms with Gasteiger partial charge >= 0.3 is 0 Å². The largest absolute Gasteiger partial charge is 0.340 e. The van der Waals surface area contributed by atoms with Crippen molar-refractivity contribution in [3.8, 4) is 0 Å². The molecule has 2 heterocycles. The summed E-state index contributed by atoms with van der Waals surface area (Å²) in [7, 11) is 0. The van der Waals surface area contributed by atoms with Gasteiger partial charge in [-0.25, -0.2) is 15.4 Å². The number of allylic oxidation sites excluding steroid dienone is 4. The third kappa shape index (κ3) is 6.58. The van der Waals surface area contributed by atoms with Gasteiger partial charge in [-0.3, -0.25) is 10.0 Å². The Balaban J connectivity index is 0.000000422. The summed E-state index contributed by atoms with van der Waals surface area (Å²) in [5.74, 6) is 2.36. The summed E-state index contributed by atoms with van der Waals surface area (Å²) in [6.45, 7) is 17.2. The fraction of sp³-hybridized carbons (Fsp3) is 0.476. The van der Waals surface area contributed by atoms with Gasteiger partial charge < -0.3 is 10.2 Å². The van der Waals surface area contributed by atoms with Crippen molar-refractivity contribution in [1.29, 1.82) is 0 Å². The minimum absolute atomic E-state index is 0.255. The van der Waals surface area contributed by atoms with Crippen LogP contribution in [-0.2, 0) is 0 Å². The quantitative estimate of drug-likeness (QED) is 0.379. The smallest absolute Gasteiger partial charge is 0.277 e. The Morgan fingerprint density at radius 3 is 2.18 bits per heavy atom. The predicted molar refractivity (Wildman–Crippen MR) is 113 cm³/mol. The maximum Gasteiger partial charge on any atom is 0.277 e. The van der Waals surface area contributed by atoms with Gasteiger partial charge in [0.05, 0.1) is 5.56 Å². The number of carbonyl (C=O) groups excluding carboxylic acids is 1. The average Bonchev–Trinajstić information content (AvgIpc) is 3.20. The van der Waals surface area contributed by atoms with E-state index in [9.17, 15) is 4.79 Å². The van der Waals surface area contributed by atoms with Crippen LogP contribution in [-0.4, -0.2) is 47.3 Å². The number of hydroxylamine groups is 1. The maximum atomic E-state index is 11.2. The third-order valence-corrected chi connectivity index (χ3v) is 4.67. The van der Waals surface area contributed by atoms with E-state index in [0.717, 1.165) is 43.9 Å². The van der Waals surface area contributed by atoms with Gasteiger partial charge in [0, 0.05) is 25.5 Å². The number of anilines is 1. The van der Waals surface area contributed by atoms with Crippen LogP contribution < -0.4 is 15.7 Å². The molecule has 2 unspecified atom stereocenters. The van der Waals surface area contributed by atoms with Crippen LogP contribution in [0.1, 0.15) is 31.1 Å². The van der Waals surface area contributed by atoms with Gasteiger partial charge in [0.25, 0.3) is 5.91 Å². The molecule has 1 amide bonds. The molecule has 7 nitrogen and oxygen atoms in total. The lowest BCUT2D eigenvalue weighted by Crippen LogP contribution is -2.29. The second-order valence-electron chi connectivity index (χ2n) is 6.27. The summed E-state index contributed by atoms with van der Waals surface area (Å²) in [6.07, 6.45) is 9.95. The van der Waals surface area contributed by atoms with Gasteiger partial charge in [0.2, 0.25) is 5.95 Å². The molecule has 1 aromatic rings. The average molecular weight is 388 g/mol. The number of piperidine rings is 1. The first-order valence-corrected chi connectivity index (χ1v) is 9.78. The minimum Gasteiger partial charge on any atom is -0.340 e. The fourth-order valence-electron chi connectivity index (χ4n) is 3.25. The van der Waals surface area contributed by atoms with Gasteiger partial charge in [-0.2, -0.15) is 0 Å². The predicted octanol–water partition coefficient (Wildman–Crippen LogP) is 2.83. The Bertz CT molecular complexity index is 623. The molecule has 28 heavy (non-hydrogen) atoms. The molecule has 3 rings (SSSR count). The first kappa shape index (κ1) is 23.5. The van der Waals surface area contributed by atoms with E-state index < -0.39 is 5.91 Å². The van der Waals surface area contributed by atoms with Gasteiger partial charge in [0.15, 0.2) is 0 Å². The summed E-state index contributed by atoms with van der Waals surface area (Å²) in [5, 5.41) is 11.9. The van der Waals surface area contributed by atoms with Crippen LogP contribution in [0, 0.1) is 17.8 Å². The number of hydrogen-bond donors (Lipinski definition) is 3. The van der Waals surface area contributed by atoms with E-state index in [4.69, 9.17) is 5.21 Å². The third-order valence-electron chi connectivity index (χ3n) is 4.67. The van der Waals surface area contributed by atoms with Gasteiger partial charge in [0.1, 0.15) is 0 Å². The van der Waals surface area contributed by atoms with Crippen molar-refractivity contribution in [1.82, 2.24) is 20.8 Å². The standard InChI is InChI=1S/C13H19N5O2.C6H8.C2H6/c1-2-14-5-9-10-6-18(7-11(9)10)13-15-3-8(4-16-13)12(19)17-20;1-3-5-6-4-2;1-2/h3-4,9-11,14,20H,2,5-7H2,1H3,(H,17,19);3-6H,1-2H2;1-2H3/b;6-5-;. The molecule has 2 fully saturated rings. The van der Waals surface area contributed by atoms with E-state index >= 15 is 0 Å². The van der Waals surface area contributed by atoms with Crippen LogP contribution in [0.3, 0.4) is 0 Å². The zero-order valence-corrected chi connectivity index (χ0v) is 17.1. The lowest BCUT2D eigenvalue weighted by molar-refractivity contribution is 0.0705. The number of hydrogen-bond acceptors (Lipinski definition) is 6. The summed E-state index contributed by atoms with van der Waals surface area (Å²) < 4.78 is 0. The molecular formula is C21H33N5O2. The Morgan fingerprint density at radius 2 is 1.75 bits per heavy atom. The molecule has 0 radical (unpaired) electrons. The van der Waals surface area contributed by atoms with Crippen LogP contribution in [0.4, 0.5) is 5.95 Å². The molecule has 2 aliphatic rings. The molecule has 1 aliphatic heterocycles. The SMILES string of the molecule is C=C/C=C\C=C.CC.CCNCC1C2CN(c3ncc(C(=O)NO)cn3)CC12. The molecule has 1 aliphatic carbocycles. The monoisotopic (exact) mass is 387 g/mol. The molecule has 154 valence electrons. The first-order chi connectivity index (χ1) is 13.7. The van der Waals surface area contributed by atoms with Crippen LogP contribution in [0.25, 0.3) is 0 Å². The minimum atomic E-state index is -0.591. The van der Waals surface area contributed by atoms with Gasteiger partial charge in [-0.05, 0) is 30.8 Å². The zero-order valence-electron chi connectivity index (χ0n) is 17.1. The van der Waals surface area contributed by atoms with Gasteiger partial charge in [-0.15, -0.1) is 0 Å². The molecule has 2 atom stereocenters. The van der Waals surface area contributed by atoms with Crippen molar-refractivity contribution in [2.24, 2.45) is 17.8 Å². The molecule has 1 saturated carbocycles. The van der Waals surface area contributed by atoms with Crippen molar-refractivity contribution in [3.63, 3.8) is 0 Å². The van der Waals surface area contributed by atoms with Crippen molar-refractivity contribution >= 4 is 11.9 Å². The first-order valence-electron chi connectivity index (χ1n) is 9.78. The van der Waals surface area contributed by atoms with Crippen molar-refractivity contribution in [2.45, 2.75) is 20.8 Å². The van der Waals surface area contributed by atoms with E-state index in [-0.39, 0.29) is 5.56 Å². The van der Waals surface area contributed by atoms with Crippen molar-refractivity contribution in [2.75, 3.05) is 31.1 Å². The van der Waals surface area contributed by atoms with E-state index in [1.807, 2.05) is 26.0 Å². The lowest BCUT2D eigenvalue weighted by atomic mass is 10.2. The number of fused-ring (bicyclic) bond motifs is 1. The topological polar surface area (TPSA) is 90.4 Å². The van der Waals surface area contributed by atoms with E-state index in [2.05, 4.69) is 40.3 Å². The molecule has 0 bridgehead atoms. The summed E-state index contributed by atoms with van der Waals surface area (Å²) >= 11 is 0. The zero-order chi connectivity index (χ0) is 20.9. The van der Waals surface area contributed by atoms with E-state index in [1.165, 1.54) is 12.4 Å². The summed E-state index contributed by atoms with van der Waals surface area (Å²) in [4.78, 5) is 21.8. The Morgan fingerprint density at radius 1 is 1.21 bits per heavy atom. The summed E-state index contributed by atoms with van der Waals surface area (Å²) in [5.41, 5.74) is 1.83. The second kappa shape index (κ2) is 12.8. The van der Waals surface area contributed by atoms with E-state index in [0.29, 0.717) is 5.95 Å². The Labute approximate surface area is 168 Å². The highest BCUT2D eigenvalue weighted by molar-refractivity contribution is 5.92. The summed E-state index contributed by atoms with van der Waals surface area (Å²) in [6, 6.07) is 0. The fourth-order valence-corrected chi connectivity index (χ4v) is 3.25. The number of nitrogens with one attached hydrogen (secondary N) is 2. The van der Waals surface area contributed by atoms with Crippen molar-refractivity contribution < 1.29 is 10.0 Å². The van der Waals surface area contributed by atoms with Crippen LogP contribution in [0.5, 0.6) is 0 Å². The molecular weight excluding hydrogens is 354 g/mol. The van der Waals surface area contributed by atoms with Crippen molar-refractivity contribution in [3.05, 3.63) is 55.4 Å². The molecule has 0 aromatic carbocycles. The molecule has 0 spiro atoms. The highest BCUT2D eigenvalue weighted by Crippen LogP contribution is 2.51. The second-order valence-corrected chi connectivity index (χ2v) is 6.27. The molecule has 7 heteroatoms. The molecule has 1 aromatic heterocycles. The number of aromatic nitrogens is 2. The number of carbonyl (C=O) groups is 1.